The molecule has 0 amide bonds. The topological polar surface area (TPSA) is 71.1 Å². The van der Waals surface area contributed by atoms with E-state index in [0.717, 1.165) is 21.5 Å². The fourth-order valence-electron chi connectivity index (χ4n) is 3.03. The van der Waals surface area contributed by atoms with E-state index in [9.17, 15) is 9.59 Å². The molecule has 0 unspecified atom stereocenters. The summed E-state index contributed by atoms with van der Waals surface area (Å²) in [5.41, 5.74) is 9.60. The van der Waals surface area contributed by atoms with Gasteiger partial charge in [-0.3, -0.25) is 0 Å². The van der Waals surface area contributed by atoms with Crippen LogP contribution in [0.15, 0.2) is 98.0 Å². The minimum atomic E-state index is -1.37. The maximum Gasteiger partial charge on any atom is 0.386 e. The average molecular weight is 491 g/mol. The quantitative estimate of drug-likeness (QED) is 0.194. The summed E-state index contributed by atoms with van der Waals surface area (Å²) in [7, 11) is -2.74. The zero-order valence-corrected chi connectivity index (χ0v) is 21.3. The summed E-state index contributed by atoms with van der Waals surface area (Å²) >= 11 is 0. The fraction of sp³-hybridized carbons (Fsp3) is 0.0769. The first-order valence-corrected chi connectivity index (χ1v) is 13.5. The van der Waals surface area contributed by atoms with Crippen molar-refractivity contribution in [3.8, 4) is 0 Å². The Morgan fingerprint density at radius 1 is 0.676 bits per heavy atom. The largest absolute Gasteiger partial charge is 0.386 e. The minimum Gasteiger partial charge on any atom is -0.243 e. The lowest BCUT2D eigenvalue weighted by molar-refractivity contribution is -0.317. The van der Waals surface area contributed by atoms with E-state index in [-0.39, 0.29) is 0 Å². The lowest BCUT2D eigenvalue weighted by atomic mass is 10.1. The van der Waals surface area contributed by atoms with Crippen molar-refractivity contribution in [2.45, 2.75) is 13.8 Å². The lowest BCUT2D eigenvalue weighted by Gasteiger charge is -2.14. The molecular formula is C26H26O6Si2. The van der Waals surface area contributed by atoms with Crippen molar-refractivity contribution in [3.05, 3.63) is 120 Å². The Kier molecular flexibility index (Phi) is 9.60. The molecular weight excluding hydrogens is 464 g/mol. The molecule has 2 radical (unpaired) electrons. The molecule has 174 valence electrons. The standard InChI is InChI=1S/C26H26O6Si2/c1-8-33(9-2)23-16-18(5)12-14-21(23)25(27)31-29-20(7)30-32-26(28)22-15-13-19(6)17-24(22)34(10-3)11-4/h8-17H,1-4,7H2,5-6H3. The van der Waals surface area contributed by atoms with Gasteiger partial charge in [0.05, 0.1) is 11.1 Å². The van der Waals surface area contributed by atoms with Gasteiger partial charge in [0.2, 0.25) is 0 Å². The van der Waals surface area contributed by atoms with E-state index >= 15 is 0 Å². The minimum absolute atomic E-state index is 0.303. The van der Waals surface area contributed by atoms with E-state index in [0.29, 0.717) is 11.1 Å². The van der Waals surface area contributed by atoms with Gasteiger partial charge in [-0.05, 0) is 42.9 Å². The van der Waals surface area contributed by atoms with Gasteiger partial charge in [-0.15, -0.1) is 26.3 Å². The SMILES string of the molecule is C=C[Si](C=C)c1cc(C)ccc1C(=O)OOC(=C)OOC(=O)c1ccc(C)cc1[Si](C=C)C=C. The highest BCUT2D eigenvalue weighted by Crippen LogP contribution is 2.11. The van der Waals surface area contributed by atoms with Crippen LogP contribution < -0.4 is 10.4 Å². The third-order valence-electron chi connectivity index (χ3n) is 4.71. The van der Waals surface area contributed by atoms with Crippen molar-refractivity contribution < 1.29 is 29.1 Å². The lowest BCUT2D eigenvalue weighted by Crippen LogP contribution is -2.33. The first kappa shape index (κ1) is 26.4. The van der Waals surface area contributed by atoms with Gasteiger partial charge in [0.25, 0.3) is 0 Å². The van der Waals surface area contributed by atoms with E-state index in [2.05, 4.69) is 32.9 Å². The van der Waals surface area contributed by atoms with Gasteiger partial charge in [0.15, 0.2) is 0 Å². The molecule has 0 heterocycles. The molecule has 0 aliphatic rings. The fourth-order valence-corrected chi connectivity index (χ4v) is 6.02. The maximum atomic E-state index is 12.6. The van der Waals surface area contributed by atoms with Crippen LogP contribution in [0.2, 0.25) is 0 Å². The zero-order chi connectivity index (χ0) is 25.3. The summed E-state index contributed by atoms with van der Waals surface area (Å²) in [6, 6.07) is 10.6. The third-order valence-corrected chi connectivity index (χ3v) is 8.54. The Hall–Kier alpha value is -3.89. The van der Waals surface area contributed by atoms with Gasteiger partial charge in [0.1, 0.15) is 17.6 Å². The van der Waals surface area contributed by atoms with Crippen LogP contribution in [0.1, 0.15) is 31.8 Å². The van der Waals surface area contributed by atoms with Crippen LogP contribution in [0.5, 0.6) is 0 Å². The van der Waals surface area contributed by atoms with Crippen molar-refractivity contribution in [2.24, 2.45) is 0 Å². The highest BCUT2D eigenvalue weighted by Gasteiger charge is 2.22. The molecule has 0 saturated heterocycles. The van der Waals surface area contributed by atoms with Crippen LogP contribution in [0.25, 0.3) is 0 Å². The van der Waals surface area contributed by atoms with E-state index in [4.69, 9.17) is 19.6 Å². The second kappa shape index (κ2) is 12.4. The van der Waals surface area contributed by atoms with Crippen LogP contribution in [0.3, 0.4) is 0 Å². The second-order valence-corrected chi connectivity index (χ2v) is 11.6. The van der Waals surface area contributed by atoms with Gasteiger partial charge in [-0.2, -0.15) is 0 Å². The van der Waals surface area contributed by atoms with Crippen molar-refractivity contribution in [2.75, 3.05) is 0 Å². The van der Waals surface area contributed by atoms with Gasteiger partial charge in [0, 0.05) is 0 Å². The van der Waals surface area contributed by atoms with Crippen LogP contribution in [0, 0.1) is 13.8 Å². The molecule has 2 aromatic carbocycles. The highest BCUT2D eigenvalue weighted by molar-refractivity contribution is 6.83. The Morgan fingerprint density at radius 3 is 1.35 bits per heavy atom. The summed E-state index contributed by atoms with van der Waals surface area (Å²) in [6.07, 6.45) is 0. The summed E-state index contributed by atoms with van der Waals surface area (Å²) in [4.78, 5) is 44.4. The average Bonchev–Trinajstić information content (AvgIpc) is 2.83. The molecule has 0 fully saturated rings. The summed E-state index contributed by atoms with van der Waals surface area (Å²) in [5.74, 6) is -2.05. The normalized spacial score (nSPS) is 10.2. The van der Waals surface area contributed by atoms with E-state index in [1.165, 1.54) is 0 Å². The molecule has 34 heavy (non-hydrogen) atoms. The van der Waals surface area contributed by atoms with E-state index in [1.807, 2.05) is 26.0 Å². The van der Waals surface area contributed by atoms with Crippen LogP contribution in [0.4, 0.5) is 0 Å². The van der Waals surface area contributed by atoms with Crippen LogP contribution in [-0.2, 0) is 19.6 Å². The van der Waals surface area contributed by atoms with E-state index < -0.39 is 35.5 Å². The monoisotopic (exact) mass is 490 g/mol. The molecule has 0 aromatic heterocycles. The number of hydrogen-bond acceptors (Lipinski definition) is 6. The van der Waals surface area contributed by atoms with Gasteiger partial charge >= 0.3 is 17.9 Å². The number of carbonyl (C=O) groups excluding carboxylic acids is 2. The summed E-state index contributed by atoms with van der Waals surface area (Å²) in [6.45, 7) is 22.5. The molecule has 0 atom stereocenters. The molecule has 0 saturated carbocycles. The van der Waals surface area contributed by atoms with Gasteiger partial charge in [-0.1, -0.05) is 58.2 Å². The number of carbonyl (C=O) groups is 2. The molecule has 0 aliphatic heterocycles. The second-order valence-electron chi connectivity index (χ2n) is 7.11. The number of benzene rings is 2. The molecule has 8 heteroatoms. The molecule has 0 aliphatic carbocycles. The van der Waals surface area contributed by atoms with Crippen LogP contribution >= 0.6 is 0 Å². The Balaban J connectivity index is 2.04. The number of rotatable bonds is 12. The molecule has 2 aromatic rings. The van der Waals surface area contributed by atoms with Crippen molar-refractivity contribution in [1.29, 1.82) is 0 Å². The highest BCUT2D eigenvalue weighted by atomic mass is 28.3. The van der Waals surface area contributed by atoms with Crippen molar-refractivity contribution in [3.63, 3.8) is 0 Å². The predicted molar refractivity (Wildman–Crippen MR) is 136 cm³/mol. The molecule has 2 rings (SSSR count). The molecule has 6 nitrogen and oxygen atoms in total. The Bertz CT molecular complexity index is 1030. The number of aryl methyl sites for hydroxylation is 2. The molecule has 0 bridgehead atoms. The Morgan fingerprint density at radius 2 is 1.03 bits per heavy atom. The first-order chi connectivity index (χ1) is 16.2. The third kappa shape index (κ3) is 6.56. The van der Waals surface area contributed by atoms with Gasteiger partial charge < -0.3 is 0 Å². The van der Waals surface area contributed by atoms with Crippen molar-refractivity contribution >= 4 is 39.9 Å². The molecule has 0 spiro atoms. The predicted octanol–water partition coefficient (Wildman–Crippen LogP) is 3.96. The first-order valence-electron chi connectivity index (χ1n) is 10.2. The van der Waals surface area contributed by atoms with Crippen LogP contribution in [-0.4, -0.2) is 29.5 Å². The zero-order valence-electron chi connectivity index (χ0n) is 19.3. The van der Waals surface area contributed by atoms with Gasteiger partial charge in [-0.25, -0.2) is 29.1 Å². The van der Waals surface area contributed by atoms with E-state index in [1.54, 1.807) is 47.1 Å². The number of hydrogen-bond donors (Lipinski definition) is 0. The summed E-state index contributed by atoms with van der Waals surface area (Å²) < 4.78 is 0. The van der Waals surface area contributed by atoms with Crippen molar-refractivity contribution in [1.82, 2.24) is 0 Å². The smallest absolute Gasteiger partial charge is 0.243 e. The Labute approximate surface area is 203 Å². The molecule has 0 N–H and O–H groups in total. The summed E-state index contributed by atoms with van der Waals surface area (Å²) in [5, 5.41) is 1.52. The maximum absolute atomic E-state index is 12.6.